The average Bonchev–Trinajstić information content (AvgIpc) is 3.60. The highest BCUT2D eigenvalue weighted by molar-refractivity contribution is 6.36. The number of nitrogens with zero attached hydrogens (tertiary/aromatic N) is 7. The summed E-state index contributed by atoms with van der Waals surface area (Å²) in [6.45, 7) is 4.88. The second kappa shape index (κ2) is 10.5. The van der Waals surface area contributed by atoms with E-state index in [-0.39, 0.29) is 6.04 Å². The second-order valence-electron chi connectivity index (χ2n) is 10.7. The van der Waals surface area contributed by atoms with Crippen molar-refractivity contribution >= 4 is 33.9 Å². The highest BCUT2D eigenvalue weighted by atomic mass is 35.5. The summed E-state index contributed by atoms with van der Waals surface area (Å²) in [6, 6.07) is 13.5. The van der Waals surface area contributed by atoms with Crippen LogP contribution in [0.25, 0.3) is 10.8 Å². The van der Waals surface area contributed by atoms with E-state index in [4.69, 9.17) is 26.3 Å². The predicted molar refractivity (Wildman–Crippen MR) is 151 cm³/mol. The maximum atomic E-state index is 9.41. The number of rotatable bonds is 6. The van der Waals surface area contributed by atoms with Crippen LogP contribution in [0.4, 0.5) is 11.5 Å². The molecule has 198 valence electrons. The first-order valence-electron chi connectivity index (χ1n) is 13.5. The number of ether oxygens (including phenoxy) is 1. The molecule has 8 nitrogen and oxygen atoms in total. The molecule has 1 aromatic heterocycles. The van der Waals surface area contributed by atoms with Crippen LogP contribution in [-0.4, -0.2) is 78.7 Å². The highest BCUT2D eigenvalue weighted by Gasteiger charge is 2.32. The SMILES string of the molecule is CN(C#N)C1CCN(c2nc(OC[C@@H]3CCCN3C)nc3c2CCN(c2cccc4cccc(Cl)c24)C3)C1. The van der Waals surface area contributed by atoms with Gasteiger partial charge in [0.15, 0.2) is 6.19 Å². The number of aromatic nitrogens is 2. The molecule has 0 N–H and O–H groups in total. The number of nitriles is 1. The highest BCUT2D eigenvalue weighted by Crippen LogP contribution is 2.37. The zero-order valence-corrected chi connectivity index (χ0v) is 22.9. The van der Waals surface area contributed by atoms with E-state index in [1.54, 1.807) is 4.90 Å². The lowest BCUT2D eigenvalue weighted by Crippen LogP contribution is -2.36. The van der Waals surface area contributed by atoms with Crippen LogP contribution < -0.4 is 14.5 Å². The number of fused-ring (bicyclic) bond motifs is 2. The van der Waals surface area contributed by atoms with Crippen molar-refractivity contribution in [1.29, 1.82) is 5.26 Å². The molecule has 3 aliphatic rings. The molecule has 6 rings (SSSR count). The lowest BCUT2D eigenvalue weighted by molar-refractivity contribution is 0.187. The van der Waals surface area contributed by atoms with Crippen molar-refractivity contribution < 1.29 is 4.74 Å². The van der Waals surface area contributed by atoms with Crippen molar-refractivity contribution in [3.05, 3.63) is 52.7 Å². The summed E-state index contributed by atoms with van der Waals surface area (Å²) in [5.41, 5.74) is 3.33. The van der Waals surface area contributed by atoms with E-state index < -0.39 is 0 Å². The van der Waals surface area contributed by atoms with Crippen LogP contribution >= 0.6 is 11.6 Å². The Morgan fingerprint density at radius 1 is 1.11 bits per heavy atom. The molecule has 0 saturated carbocycles. The van der Waals surface area contributed by atoms with Gasteiger partial charge in [0.25, 0.3) is 0 Å². The third-order valence-corrected chi connectivity index (χ3v) is 8.75. The monoisotopic (exact) mass is 531 g/mol. The fraction of sp³-hybridized carbons (Fsp3) is 0.483. The van der Waals surface area contributed by atoms with Gasteiger partial charge in [0.2, 0.25) is 0 Å². The van der Waals surface area contributed by atoms with Crippen molar-refractivity contribution in [2.24, 2.45) is 0 Å². The van der Waals surface area contributed by atoms with Gasteiger partial charge in [-0.1, -0.05) is 35.9 Å². The Balaban J connectivity index is 1.33. The summed E-state index contributed by atoms with van der Waals surface area (Å²) in [4.78, 5) is 18.7. The Morgan fingerprint density at radius 2 is 1.95 bits per heavy atom. The fourth-order valence-corrected chi connectivity index (χ4v) is 6.43. The standard InChI is InChI=1S/C29H34ClN7O/c1-34-13-5-8-22(34)18-38-29-32-25-17-36(26-10-4-7-20-6-3-9-24(30)27(20)26)15-12-23(25)28(33-29)37-14-11-21(16-37)35(2)19-31/h3-4,6-7,9-10,21-22H,5,8,11-18H2,1-2H3/t21?,22-/m0/s1. The van der Waals surface area contributed by atoms with Crippen LogP contribution in [0.3, 0.4) is 0 Å². The first-order valence-corrected chi connectivity index (χ1v) is 13.9. The van der Waals surface area contributed by atoms with E-state index in [9.17, 15) is 5.26 Å². The molecule has 2 aromatic carbocycles. The normalized spacial score (nSPS) is 21.5. The molecule has 3 aromatic rings. The van der Waals surface area contributed by atoms with Gasteiger partial charge in [-0.2, -0.15) is 15.2 Å². The molecular formula is C29H34ClN7O. The summed E-state index contributed by atoms with van der Waals surface area (Å²) in [7, 11) is 4.02. The van der Waals surface area contributed by atoms with Crippen LogP contribution in [0.5, 0.6) is 6.01 Å². The topological polar surface area (TPSA) is 71.8 Å². The van der Waals surface area contributed by atoms with Gasteiger partial charge in [-0.3, -0.25) is 0 Å². The maximum absolute atomic E-state index is 9.41. The summed E-state index contributed by atoms with van der Waals surface area (Å²) >= 11 is 6.67. The van der Waals surface area contributed by atoms with Crippen molar-refractivity contribution in [3.8, 4) is 12.2 Å². The third kappa shape index (κ3) is 4.70. The van der Waals surface area contributed by atoms with Crippen LogP contribution in [0.2, 0.25) is 5.02 Å². The second-order valence-corrected chi connectivity index (χ2v) is 11.1. The van der Waals surface area contributed by atoms with Crippen molar-refractivity contribution in [3.63, 3.8) is 0 Å². The van der Waals surface area contributed by atoms with Gasteiger partial charge in [0.1, 0.15) is 12.4 Å². The zero-order valence-electron chi connectivity index (χ0n) is 22.1. The molecule has 2 saturated heterocycles. The fourth-order valence-electron chi connectivity index (χ4n) is 6.15. The molecule has 0 spiro atoms. The Bertz CT molecular complexity index is 1370. The summed E-state index contributed by atoms with van der Waals surface area (Å²) in [5, 5.41) is 12.4. The van der Waals surface area contributed by atoms with Crippen LogP contribution in [0.15, 0.2) is 36.4 Å². The molecule has 0 bridgehead atoms. The Labute approximate surface area is 229 Å². The minimum Gasteiger partial charge on any atom is -0.462 e. The molecule has 2 atom stereocenters. The van der Waals surface area contributed by atoms with Gasteiger partial charge in [-0.25, -0.2) is 0 Å². The number of likely N-dealkylation sites (tertiary alicyclic amines) is 1. The van der Waals surface area contributed by atoms with E-state index in [2.05, 4.69) is 52.2 Å². The number of halogens is 1. The predicted octanol–water partition coefficient (Wildman–Crippen LogP) is 4.31. The summed E-state index contributed by atoms with van der Waals surface area (Å²) in [5.74, 6) is 0.967. The zero-order chi connectivity index (χ0) is 26.2. The molecule has 3 aliphatic heterocycles. The summed E-state index contributed by atoms with van der Waals surface area (Å²) < 4.78 is 6.26. The van der Waals surface area contributed by atoms with Gasteiger partial charge in [-0.15, -0.1) is 0 Å². The van der Waals surface area contributed by atoms with Gasteiger partial charge < -0.3 is 24.3 Å². The van der Waals surface area contributed by atoms with Gasteiger partial charge in [0.05, 0.1) is 23.3 Å². The molecular weight excluding hydrogens is 498 g/mol. The first kappa shape index (κ1) is 25.0. The van der Waals surface area contributed by atoms with E-state index in [1.807, 2.05) is 19.2 Å². The Kier molecular flexibility index (Phi) is 6.89. The van der Waals surface area contributed by atoms with Crippen LogP contribution in [0.1, 0.15) is 30.5 Å². The van der Waals surface area contributed by atoms with Crippen LogP contribution in [-0.2, 0) is 13.0 Å². The van der Waals surface area contributed by atoms with E-state index in [0.717, 1.165) is 78.4 Å². The van der Waals surface area contributed by atoms with Crippen molar-refractivity contribution in [2.75, 3.05) is 56.7 Å². The molecule has 0 radical (unpaired) electrons. The minimum atomic E-state index is 0.194. The van der Waals surface area contributed by atoms with Gasteiger partial charge in [0, 0.05) is 49.4 Å². The number of anilines is 2. The lowest BCUT2D eigenvalue weighted by Gasteiger charge is -2.33. The van der Waals surface area contributed by atoms with Crippen molar-refractivity contribution in [1.82, 2.24) is 19.8 Å². The molecule has 9 heteroatoms. The average molecular weight is 532 g/mol. The molecule has 4 heterocycles. The third-order valence-electron chi connectivity index (χ3n) is 8.44. The van der Waals surface area contributed by atoms with Gasteiger partial charge >= 0.3 is 6.01 Å². The Morgan fingerprint density at radius 3 is 2.74 bits per heavy atom. The quantitative estimate of drug-likeness (QED) is 0.344. The first-order chi connectivity index (χ1) is 18.5. The number of likely N-dealkylation sites (N-methyl/N-ethyl adjacent to an activating group) is 2. The number of hydrogen-bond donors (Lipinski definition) is 0. The molecule has 38 heavy (non-hydrogen) atoms. The lowest BCUT2D eigenvalue weighted by atomic mass is 10.0. The molecule has 0 aliphatic carbocycles. The summed E-state index contributed by atoms with van der Waals surface area (Å²) in [6.07, 6.45) is 6.39. The van der Waals surface area contributed by atoms with E-state index in [0.29, 0.717) is 25.2 Å². The molecule has 0 amide bonds. The number of hydrogen-bond acceptors (Lipinski definition) is 8. The van der Waals surface area contributed by atoms with E-state index >= 15 is 0 Å². The maximum Gasteiger partial charge on any atom is 0.318 e. The Hall–Kier alpha value is -3.28. The number of benzene rings is 2. The van der Waals surface area contributed by atoms with Crippen molar-refractivity contribution in [2.45, 2.75) is 44.3 Å². The smallest absolute Gasteiger partial charge is 0.318 e. The minimum absolute atomic E-state index is 0.194. The molecule has 2 fully saturated rings. The van der Waals surface area contributed by atoms with Crippen LogP contribution in [0, 0.1) is 11.5 Å². The van der Waals surface area contributed by atoms with Gasteiger partial charge in [-0.05, 0) is 56.8 Å². The molecule has 1 unspecified atom stereocenters. The van der Waals surface area contributed by atoms with E-state index in [1.165, 1.54) is 12.0 Å². The largest absolute Gasteiger partial charge is 0.462 e.